The normalized spacial score (nSPS) is 21.6. The fraction of sp³-hybridized carbons (Fsp3) is 0.476. The van der Waals surface area contributed by atoms with Crippen LogP contribution in [0.15, 0.2) is 71.9 Å². The van der Waals surface area contributed by atoms with Gasteiger partial charge in [-0.3, -0.25) is 19.4 Å². The molecule has 0 bridgehead atoms. The van der Waals surface area contributed by atoms with Crippen LogP contribution in [0.4, 0.5) is 0 Å². The average Bonchev–Trinajstić information content (AvgIpc) is 3.59. The number of amides is 2. The number of likely N-dealkylation sites (tertiary alicyclic amines) is 1. The quantitative estimate of drug-likeness (QED) is 0.209. The topological polar surface area (TPSA) is 111 Å². The van der Waals surface area contributed by atoms with Crippen molar-refractivity contribution >= 4 is 40.9 Å². The van der Waals surface area contributed by atoms with Gasteiger partial charge < -0.3 is 20.6 Å². The summed E-state index contributed by atoms with van der Waals surface area (Å²) >= 11 is 1.42. The molecule has 2 atom stereocenters. The van der Waals surface area contributed by atoms with Crippen molar-refractivity contribution in [3.8, 4) is 0 Å². The van der Waals surface area contributed by atoms with Crippen LogP contribution in [0, 0.1) is 17.3 Å². The van der Waals surface area contributed by atoms with E-state index in [2.05, 4.69) is 76.4 Å². The molecule has 2 aromatic carbocycles. The van der Waals surface area contributed by atoms with Crippen molar-refractivity contribution in [1.29, 1.82) is 0 Å². The number of nitrogens with one attached hydrogen (secondary N) is 2. The van der Waals surface area contributed by atoms with Crippen LogP contribution in [0.5, 0.6) is 0 Å². The van der Waals surface area contributed by atoms with Gasteiger partial charge in [-0.2, -0.15) is 0 Å². The highest BCUT2D eigenvalue weighted by molar-refractivity contribution is 7.14. The van der Waals surface area contributed by atoms with E-state index in [1.165, 1.54) is 47.5 Å². The number of hydrogen-bond acceptors (Lipinski definition) is 6. The molecule has 3 aromatic rings. The smallest absolute Gasteiger partial charge is 0.310 e. The number of rotatable bonds is 9. The van der Waals surface area contributed by atoms with Crippen molar-refractivity contribution in [2.75, 3.05) is 13.1 Å². The summed E-state index contributed by atoms with van der Waals surface area (Å²) in [7, 11) is 0. The number of carbonyl (C=O) groups excluding carboxylic acids is 2. The Kier molecular flexibility index (Phi) is 10.6. The van der Waals surface area contributed by atoms with Gasteiger partial charge in [-0.05, 0) is 82.7 Å². The van der Waals surface area contributed by atoms with E-state index in [-0.39, 0.29) is 42.9 Å². The zero-order chi connectivity index (χ0) is 36.5. The van der Waals surface area contributed by atoms with Crippen molar-refractivity contribution in [1.82, 2.24) is 15.5 Å². The first-order valence-corrected chi connectivity index (χ1v) is 19.1. The van der Waals surface area contributed by atoms with Gasteiger partial charge in [0.15, 0.2) is 0 Å². The predicted molar refractivity (Wildman–Crippen MR) is 205 cm³/mol. The monoisotopic (exact) mass is 708 g/mol. The maximum atomic E-state index is 13.5. The van der Waals surface area contributed by atoms with Gasteiger partial charge in [0.1, 0.15) is 12.2 Å². The average molecular weight is 709 g/mol. The van der Waals surface area contributed by atoms with Gasteiger partial charge >= 0.3 is 5.97 Å². The Labute approximate surface area is 306 Å². The van der Waals surface area contributed by atoms with Crippen molar-refractivity contribution in [2.45, 2.75) is 97.2 Å². The molecular weight excluding hydrogens is 657 g/mol. The minimum Gasteiger partial charge on any atom is -0.481 e. The van der Waals surface area contributed by atoms with Gasteiger partial charge in [0.25, 0.3) is 5.91 Å². The van der Waals surface area contributed by atoms with Crippen LogP contribution in [0.2, 0.25) is 0 Å². The van der Waals surface area contributed by atoms with Crippen LogP contribution in [0.3, 0.4) is 0 Å². The molecule has 1 aliphatic carbocycles. The van der Waals surface area contributed by atoms with Crippen molar-refractivity contribution in [3.05, 3.63) is 98.9 Å². The summed E-state index contributed by atoms with van der Waals surface area (Å²) in [6.45, 7) is 13.7. The first kappa shape index (κ1) is 36.5. The van der Waals surface area contributed by atoms with E-state index >= 15 is 0 Å². The Hall–Kier alpha value is -4.24. The minimum atomic E-state index is -0.911. The third kappa shape index (κ3) is 8.63. The van der Waals surface area contributed by atoms with E-state index in [1.807, 2.05) is 42.7 Å². The summed E-state index contributed by atoms with van der Waals surface area (Å²) in [4.78, 5) is 46.2. The van der Waals surface area contributed by atoms with Crippen LogP contribution in [-0.2, 0) is 21.4 Å². The SMILES string of the molecule is CC(C)(C)c1ccc(C(=O)N[C@@H](Cc2ccc(C3N=CC(c4ccc([C@H]5CC[C@@H](C(C)(C)C)CC5)cc4)=CN3)cc2)C(=O)N2CC(C(=O)O)C2)s1. The standard InChI is InChI=1S/C42H52N4O4S/c1-41(2,3)33-17-15-28(16-18-33)27-11-13-29(14-12-27)31-22-43-37(44-23-31)30-9-7-26(8-10-30)21-34(39(48)46-24-32(25-46)40(49)50)45-38(47)35-19-20-36(51-35)42(4,5)6/h7-14,19-20,22-23,28,32-34,37,43H,15-18,21,24-25H2,1-6H3,(H,45,47)(H,49,50)/t28-,33+,34-,37?/m0/s1. The molecule has 3 aliphatic rings. The summed E-state index contributed by atoms with van der Waals surface area (Å²) < 4.78 is 0. The molecule has 2 aliphatic heterocycles. The number of aliphatic carboxylic acids is 1. The summed E-state index contributed by atoms with van der Waals surface area (Å²) in [6.07, 6.45) is 9.13. The van der Waals surface area contributed by atoms with Crippen molar-refractivity contribution < 1.29 is 19.5 Å². The number of carboxylic acids is 1. The van der Waals surface area contributed by atoms with Crippen LogP contribution in [0.25, 0.3) is 5.57 Å². The molecule has 0 spiro atoms. The second kappa shape index (κ2) is 14.8. The second-order valence-corrected chi connectivity index (χ2v) is 17.7. The molecule has 2 fully saturated rings. The molecule has 3 N–H and O–H groups in total. The Morgan fingerprint density at radius 2 is 1.55 bits per heavy atom. The molecule has 270 valence electrons. The third-order valence-corrected chi connectivity index (χ3v) is 12.4. The lowest BCUT2D eigenvalue weighted by molar-refractivity contribution is -0.153. The van der Waals surface area contributed by atoms with E-state index in [1.54, 1.807) is 6.07 Å². The molecule has 1 unspecified atom stereocenters. The molecule has 9 heteroatoms. The van der Waals surface area contributed by atoms with Gasteiger partial charge in [0, 0.05) is 42.4 Å². The van der Waals surface area contributed by atoms with Crippen molar-refractivity contribution in [2.24, 2.45) is 22.2 Å². The summed E-state index contributed by atoms with van der Waals surface area (Å²) in [5.74, 6) is -0.602. The fourth-order valence-electron chi connectivity index (χ4n) is 7.38. The largest absolute Gasteiger partial charge is 0.481 e. The van der Waals surface area contributed by atoms with Crippen LogP contribution in [-0.4, -0.2) is 53.1 Å². The number of benzene rings is 2. The van der Waals surface area contributed by atoms with E-state index in [0.29, 0.717) is 16.2 Å². The fourth-order valence-corrected chi connectivity index (χ4v) is 8.35. The van der Waals surface area contributed by atoms with Crippen LogP contribution in [0.1, 0.15) is 116 Å². The number of aliphatic imine (C=N–C) groups is 1. The minimum absolute atomic E-state index is 0.0884. The number of hydrogen-bond donors (Lipinski definition) is 3. The lowest BCUT2D eigenvalue weighted by atomic mass is 9.68. The molecule has 1 saturated carbocycles. The van der Waals surface area contributed by atoms with Crippen LogP contribution < -0.4 is 10.6 Å². The van der Waals surface area contributed by atoms with E-state index in [4.69, 9.17) is 4.99 Å². The molecule has 51 heavy (non-hydrogen) atoms. The number of carbonyl (C=O) groups is 3. The Balaban J connectivity index is 1.07. The molecule has 3 heterocycles. The molecule has 6 rings (SSSR count). The highest BCUT2D eigenvalue weighted by Gasteiger charge is 2.39. The van der Waals surface area contributed by atoms with E-state index in [9.17, 15) is 19.5 Å². The van der Waals surface area contributed by atoms with E-state index < -0.39 is 17.9 Å². The zero-order valence-corrected chi connectivity index (χ0v) is 31.6. The Bertz CT molecular complexity index is 1780. The summed E-state index contributed by atoms with van der Waals surface area (Å²) in [5.41, 5.74) is 5.79. The van der Waals surface area contributed by atoms with Gasteiger partial charge in [-0.1, -0.05) is 90.1 Å². The molecule has 8 nitrogen and oxygen atoms in total. The van der Waals surface area contributed by atoms with Gasteiger partial charge in [0.05, 0.1) is 10.8 Å². The van der Waals surface area contributed by atoms with Gasteiger partial charge in [-0.15, -0.1) is 11.3 Å². The molecule has 2 amide bonds. The lowest BCUT2D eigenvalue weighted by Crippen LogP contribution is -2.59. The number of thiophene rings is 1. The maximum Gasteiger partial charge on any atom is 0.310 e. The van der Waals surface area contributed by atoms with E-state index in [0.717, 1.165) is 33.1 Å². The van der Waals surface area contributed by atoms with Crippen LogP contribution >= 0.6 is 11.3 Å². The number of carboxylic acid groups (broad SMARTS) is 1. The third-order valence-electron chi connectivity index (χ3n) is 10.9. The Morgan fingerprint density at radius 3 is 2.10 bits per heavy atom. The first-order valence-electron chi connectivity index (χ1n) is 18.3. The highest BCUT2D eigenvalue weighted by atomic mass is 32.1. The molecular formula is C42H52N4O4S. The molecule has 1 saturated heterocycles. The number of allylic oxidation sites excluding steroid dienone is 1. The summed E-state index contributed by atoms with van der Waals surface area (Å²) in [5, 5.41) is 15.7. The highest BCUT2D eigenvalue weighted by Crippen LogP contribution is 2.43. The lowest BCUT2D eigenvalue weighted by Gasteiger charge is -2.38. The zero-order valence-electron chi connectivity index (χ0n) is 30.7. The Morgan fingerprint density at radius 1 is 0.902 bits per heavy atom. The molecule has 1 aromatic heterocycles. The van der Waals surface area contributed by atoms with Crippen molar-refractivity contribution in [3.63, 3.8) is 0 Å². The van der Waals surface area contributed by atoms with Gasteiger partial charge in [-0.25, -0.2) is 0 Å². The first-order chi connectivity index (χ1) is 24.2. The maximum absolute atomic E-state index is 13.5. The second-order valence-electron chi connectivity index (χ2n) is 16.6. The number of nitrogens with zero attached hydrogens (tertiary/aromatic N) is 2. The van der Waals surface area contributed by atoms with Gasteiger partial charge in [0.2, 0.25) is 5.91 Å². The summed E-state index contributed by atoms with van der Waals surface area (Å²) in [6, 6.07) is 19.8. The predicted octanol–water partition coefficient (Wildman–Crippen LogP) is 7.96. The molecule has 0 radical (unpaired) electrons.